The highest BCUT2D eigenvalue weighted by atomic mass is 79.9. The third-order valence-corrected chi connectivity index (χ3v) is 5.79. The Labute approximate surface area is 123 Å². The Balaban J connectivity index is 1.93. The molecule has 18 heavy (non-hydrogen) atoms. The van der Waals surface area contributed by atoms with Crippen LogP contribution < -0.4 is 0 Å². The van der Waals surface area contributed by atoms with Gasteiger partial charge >= 0.3 is 0 Å². The van der Waals surface area contributed by atoms with Gasteiger partial charge in [-0.3, -0.25) is 0 Å². The minimum atomic E-state index is 0.818. The fourth-order valence-electron chi connectivity index (χ4n) is 3.30. The summed E-state index contributed by atoms with van der Waals surface area (Å²) >= 11 is 3.89. The molecule has 1 aliphatic carbocycles. The van der Waals surface area contributed by atoms with Gasteiger partial charge in [-0.15, -0.1) is 0 Å². The second-order valence-electron chi connectivity index (χ2n) is 6.46. The van der Waals surface area contributed by atoms with Crippen LogP contribution >= 0.6 is 15.9 Å². The van der Waals surface area contributed by atoms with Crippen molar-refractivity contribution in [1.29, 1.82) is 0 Å². The van der Waals surface area contributed by atoms with Gasteiger partial charge in [0.05, 0.1) is 0 Å². The molecule has 1 rings (SSSR count). The molecular formula is C17H33Br. The van der Waals surface area contributed by atoms with Gasteiger partial charge in [-0.2, -0.15) is 0 Å². The Kier molecular flexibility index (Phi) is 9.45. The van der Waals surface area contributed by atoms with Crippen molar-refractivity contribution in [2.75, 3.05) is 0 Å². The van der Waals surface area contributed by atoms with Crippen LogP contribution in [0.4, 0.5) is 0 Å². The van der Waals surface area contributed by atoms with E-state index in [1.165, 1.54) is 77.0 Å². The topological polar surface area (TPSA) is 0 Å². The van der Waals surface area contributed by atoms with E-state index in [4.69, 9.17) is 0 Å². The molecule has 0 aliphatic heterocycles. The van der Waals surface area contributed by atoms with E-state index in [0.717, 1.165) is 16.7 Å². The number of unbranched alkanes of at least 4 members (excludes halogenated alkanes) is 7. The molecule has 0 aromatic rings. The quantitative estimate of drug-likeness (QED) is 0.327. The standard InChI is InChI=1S/C17H33Br/c1-3-4-5-6-7-8-9-10-11-16-14-15(2)12-13-17(16)18/h15-17H,3-14H2,1-2H3. The lowest BCUT2D eigenvalue weighted by atomic mass is 9.80. The van der Waals surface area contributed by atoms with Crippen molar-refractivity contribution in [3.05, 3.63) is 0 Å². The van der Waals surface area contributed by atoms with Crippen LogP contribution in [0.2, 0.25) is 0 Å². The molecule has 0 N–H and O–H groups in total. The predicted molar refractivity (Wildman–Crippen MR) is 86.4 cm³/mol. The van der Waals surface area contributed by atoms with E-state index in [9.17, 15) is 0 Å². The Morgan fingerprint density at radius 1 is 0.889 bits per heavy atom. The first-order valence-electron chi connectivity index (χ1n) is 8.38. The lowest BCUT2D eigenvalue weighted by Gasteiger charge is -2.31. The number of rotatable bonds is 9. The normalized spacial score (nSPS) is 28.5. The summed E-state index contributed by atoms with van der Waals surface area (Å²) in [4.78, 5) is 0.818. The first-order chi connectivity index (χ1) is 8.74. The number of halogens is 1. The van der Waals surface area contributed by atoms with Crippen molar-refractivity contribution in [1.82, 2.24) is 0 Å². The maximum absolute atomic E-state index is 3.89. The van der Waals surface area contributed by atoms with Crippen LogP contribution in [0.3, 0.4) is 0 Å². The maximum atomic E-state index is 3.89. The monoisotopic (exact) mass is 316 g/mol. The van der Waals surface area contributed by atoms with Gasteiger partial charge < -0.3 is 0 Å². The van der Waals surface area contributed by atoms with Crippen molar-refractivity contribution < 1.29 is 0 Å². The van der Waals surface area contributed by atoms with Crippen LogP contribution in [0.15, 0.2) is 0 Å². The maximum Gasteiger partial charge on any atom is 0.0174 e. The zero-order chi connectivity index (χ0) is 13.2. The Bertz CT molecular complexity index is 190. The van der Waals surface area contributed by atoms with Crippen LogP contribution in [0.5, 0.6) is 0 Å². The molecule has 108 valence electrons. The molecule has 1 fully saturated rings. The highest BCUT2D eigenvalue weighted by molar-refractivity contribution is 9.09. The molecular weight excluding hydrogens is 284 g/mol. The molecule has 1 heteroatoms. The number of alkyl halides is 1. The van der Waals surface area contributed by atoms with Crippen LogP contribution in [-0.2, 0) is 0 Å². The Morgan fingerprint density at radius 2 is 1.50 bits per heavy atom. The Hall–Kier alpha value is 0.480. The molecule has 0 amide bonds. The fraction of sp³-hybridized carbons (Fsp3) is 1.00. The van der Waals surface area contributed by atoms with Crippen molar-refractivity contribution in [2.45, 2.75) is 95.7 Å². The van der Waals surface area contributed by atoms with E-state index < -0.39 is 0 Å². The summed E-state index contributed by atoms with van der Waals surface area (Å²) in [6.07, 6.45) is 17.4. The predicted octanol–water partition coefficient (Wildman–Crippen LogP) is 6.72. The summed E-state index contributed by atoms with van der Waals surface area (Å²) in [6.45, 7) is 4.72. The molecule has 3 unspecified atom stereocenters. The molecule has 0 aromatic heterocycles. The third-order valence-electron chi connectivity index (χ3n) is 4.58. The molecule has 0 bridgehead atoms. The van der Waals surface area contributed by atoms with E-state index >= 15 is 0 Å². The molecule has 0 nitrogen and oxygen atoms in total. The van der Waals surface area contributed by atoms with Crippen LogP contribution in [0.1, 0.15) is 90.9 Å². The summed E-state index contributed by atoms with van der Waals surface area (Å²) in [6, 6.07) is 0. The van der Waals surface area contributed by atoms with E-state index in [0.29, 0.717) is 0 Å². The average molecular weight is 317 g/mol. The minimum Gasteiger partial charge on any atom is -0.0888 e. The molecule has 0 heterocycles. The summed E-state index contributed by atoms with van der Waals surface area (Å²) in [5.41, 5.74) is 0. The number of hydrogen-bond donors (Lipinski definition) is 0. The van der Waals surface area contributed by atoms with Gasteiger partial charge in [0, 0.05) is 4.83 Å². The molecule has 0 aromatic carbocycles. The van der Waals surface area contributed by atoms with Crippen LogP contribution in [0, 0.1) is 11.8 Å². The van der Waals surface area contributed by atoms with E-state index in [-0.39, 0.29) is 0 Å². The van der Waals surface area contributed by atoms with Crippen molar-refractivity contribution in [3.63, 3.8) is 0 Å². The average Bonchev–Trinajstić information content (AvgIpc) is 2.36. The molecule has 1 saturated carbocycles. The number of hydrogen-bond acceptors (Lipinski definition) is 0. The highest BCUT2D eigenvalue weighted by Crippen LogP contribution is 2.36. The van der Waals surface area contributed by atoms with Crippen LogP contribution in [-0.4, -0.2) is 4.83 Å². The van der Waals surface area contributed by atoms with E-state index in [2.05, 4.69) is 29.8 Å². The van der Waals surface area contributed by atoms with Gasteiger partial charge in [0.15, 0.2) is 0 Å². The second kappa shape index (κ2) is 10.3. The SMILES string of the molecule is CCCCCCCCCCC1CC(C)CCC1Br. The third kappa shape index (κ3) is 7.16. The molecule has 0 radical (unpaired) electrons. The van der Waals surface area contributed by atoms with E-state index in [1.54, 1.807) is 0 Å². The van der Waals surface area contributed by atoms with Crippen molar-refractivity contribution in [2.24, 2.45) is 11.8 Å². The summed E-state index contributed by atoms with van der Waals surface area (Å²) < 4.78 is 0. The van der Waals surface area contributed by atoms with Crippen LogP contribution in [0.25, 0.3) is 0 Å². The largest absolute Gasteiger partial charge is 0.0888 e. The summed E-state index contributed by atoms with van der Waals surface area (Å²) in [5.74, 6) is 1.94. The van der Waals surface area contributed by atoms with Gasteiger partial charge in [0.2, 0.25) is 0 Å². The lowest BCUT2D eigenvalue weighted by molar-refractivity contribution is 0.276. The van der Waals surface area contributed by atoms with Gasteiger partial charge in [-0.05, 0) is 37.5 Å². The zero-order valence-corrected chi connectivity index (χ0v) is 14.2. The van der Waals surface area contributed by atoms with E-state index in [1.807, 2.05) is 0 Å². The van der Waals surface area contributed by atoms with Gasteiger partial charge in [0.25, 0.3) is 0 Å². The first-order valence-corrected chi connectivity index (χ1v) is 9.29. The molecule has 0 spiro atoms. The van der Waals surface area contributed by atoms with Crippen molar-refractivity contribution in [3.8, 4) is 0 Å². The first kappa shape index (κ1) is 16.5. The summed E-state index contributed by atoms with van der Waals surface area (Å²) in [7, 11) is 0. The molecule has 0 saturated heterocycles. The molecule has 1 aliphatic rings. The smallest absolute Gasteiger partial charge is 0.0174 e. The molecule has 3 atom stereocenters. The minimum absolute atomic E-state index is 0.818. The van der Waals surface area contributed by atoms with Gasteiger partial charge in [-0.25, -0.2) is 0 Å². The van der Waals surface area contributed by atoms with Gasteiger partial charge in [-0.1, -0.05) is 81.1 Å². The Morgan fingerprint density at radius 3 is 2.17 bits per heavy atom. The second-order valence-corrected chi connectivity index (χ2v) is 7.63. The van der Waals surface area contributed by atoms with Gasteiger partial charge in [0.1, 0.15) is 0 Å². The fourth-order valence-corrected chi connectivity index (χ4v) is 4.05. The highest BCUT2D eigenvalue weighted by Gasteiger charge is 2.25. The summed E-state index contributed by atoms with van der Waals surface area (Å²) in [5, 5.41) is 0. The lowest BCUT2D eigenvalue weighted by Crippen LogP contribution is -2.23. The van der Waals surface area contributed by atoms with Crippen molar-refractivity contribution >= 4 is 15.9 Å². The zero-order valence-electron chi connectivity index (χ0n) is 12.6.